The van der Waals surface area contributed by atoms with E-state index in [4.69, 9.17) is 10.9 Å². The molecular weight excluding hydrogens is 245 g/mol. The Balaban J connectivity index is 2.01. The van der Waals surface area contributed by atoms with E-state index >= 15 is 0 Å². The molecule has 1 saturated carbocycles. The van der Waals surface area contributed by atoms with Crippen LogP contribution in [0.4, 0.5) is 4.39 Å². The van der Waals surface area contributed by atoms with Gasteiger partial charge in [0.15, 0.2) is 5.84 Å². The number of amidine groups is 1. The van der Waals surface area contributed by atoms with Gasteiger partial charge in [0.1, 0.15) is 5.82 Å². The number of nitrogens with two attached hydrogens (primary N) is 1. The fourth-order valence-electron chi connectivity index (χ4n) is 2.53. The van der Waals surface area contributed by atoms with E-state index in [9.17, 15) is 4.39 Å². The quantitative estimate of drug-likeness (QED) is 0.339. The monoisotopic (exact) mass is 265 g/mol. The number of nitrogens with one attached hydrogen (secondary N) is 1. The highest BCUT2D eigenvalue weighted by Crippen LogP contribution is 2.18. The van der Waals surface area contributed by atoms with Gasteiger partial charge in [-0.3, -0.25) is 0 Å². The van der Waals surface area contributed by atoms with Gasteiger partial charge >= 0.3 is 0 Å². The van der Waals surface area contributed by atoms with E-state index in [1.165, 1.54) is 44.2 Å². The predicted molar refractivity (Wildman–Crippen MR) is 72.6 cm³/mol. The lowest BCUT2D eigenvalue weighted by molar-refractivity contribution is 0.318. The molecule has 0 saturated heterocycles. The number of hydrogen-bond donors (Lipinski definition) is 3. The molecule has 104 valence electrons. The molecule has 0 aliphatic heterocycles. The third kappa shape index (κ3) is 3.92. The van der Waals surface area contributed by atoms with Crippen LogP contribution in [0.25, 0.3) is 0 Å². The summed E-state index contributed by atoms with van der Waals surface area (Å²) in [5, 5.41) is 15.0. The Morgan fingerprint density at radius 1 is 1.32 bits per heavy atom. The summed E-state index contributed by atoms with van der Waals surface area (Å²) in [6.45, 7) is 0.605. The highest BCUT2D eigenvalue weighted by atomic mass is 19.1. The van der Waals surface area contributed by atoms with Crippen molar-refractivity contribution in [2.45, 2.75) is 44.7 Å². The van der Waals surface area contributed by atoms with Crippen LogP contribution in [0, 0.1) is 5.82 Å². The molecule has 0 atom stereocenters. The van der Waals surface area contributed by atoms with Crippen LogP contribution in [0.1, 0.15) is 43.2 Å². The molecule has 0 amide bonds. The normalized spacial score (nSPS) is 17.6. The van der Waals surface area contributed by atoms with Crippen LogP contribution in [0.15, 0.2) is 23.4 Å². The zero-order valence-corrected chi connectivity index (χ0v) is 10.9. The molecule has 0 spiro atoms. The molecule has 0 radical (unpaired) electrons. The number of hydrogen-bond acceptors (Lipinski definition) is 3. The second-order valence-electron chi connectivity index (χ2n) is 5.05. The Bertz CT molecular complexity index is 456. The van der Waals surface area contributed by atoms with Crippen LogP contribution in [0.3, 0.4) is 0 Å². The molecule has 0 aromatic heterocycles. The van der Waals surface area contributed by atoms with Gasteiger partial charge in [0.05, 0.1) is 0 Å². The van der Waals surface area contributed by atoms with Crippen molar-refractivity contribution in [1.29, 1.82) is 0 Å². The van der Waals surface area contributed by atoms with E-state index in [0.29, 0.717) is 18.2 Å². The molecular formula is C14H20FN3O. The molecule has 0 bridgehead atoms. The van der Waals surface area contributed by atoms with Crippen molar-refractivity contribution in [2.24, 2.45) is 10.9 Å². The number of oxime groups is 1. The first kappa shape index (κ1) is 13.8. The molecule has 1 fully saturated rings. The van der Waals surface area contributed by atoms with Gasteiger partial charge in [-0.2, -0.15) is 0 Å². The lowest BCUT2D eigenvalue weighted by atomic mass is 9.95. The summed E-state index contributed by atoms with van der Waals surface area (Å²) in [5.41, 5.74) is 6.70. The topological polar surface area (TPSA) is 70.6 Å². The van der Waals surface area contributed by atoms with Gasteiger partial charge in [0.2, 0.25) is 0 Å². The Hall–Kier alpha value is -1.62. The molecule has 5 heteroatoms. The summed E-state index contributed by atoms with van der Waals surface area (Å²) in [4.78, 5) is 0. The molecule has 4 N–H and O–H groups in total. The molecule has 0 heterocycles. The Morgan fingerprint density at radius 3 is 2.74 bits per heavy atom. The third-order valence-corrected chi connectivity index (χ3v) is 3.56. The van der Waals surface area contributed by atoms with E-state index in [0.717, 1.165) is 5.56 Å². The minimum absolute atomic E-state index is 0.0709. The molecule has 19 heavy (non-hydrogen) atoms. The van der Waals surface area contributed by atoms with E-state index in [1.54, 1.807) is 6.07 Å². The van der Waals surface area contributed by atoms with E-state index in [2.05, 4.69) is 10.5 Å². The van der Waals surface area contributed by atoms with Gasteiger partial charge < -0.3 is 16.3 Å². The van der Waals surface area contributed by atoms with Gasteiger partial charge in [-0.05, 0) is 36.6 Å². The maximum Gasteiger partial charge on any atom is 0.170 e. The number of halogens is 1. The van der Waals surface area contributed by atoms with Gasteiger partial charge in [-0.15, -0.1) is 0 Å². The lowest BCUT2D eigenvalue weighted by Crippen LogP contribution is -2.30. The third-order valence-electron chi connectivity index (χ3n) is 3.56. The second-order valence-corrected chi connectivity index (χ2v) is 5.05. The standard InChI is InChI=1S/C14H20FN3O/c15-12-7-10(6-11(8-12)14(16)18-19)9-17-13-4-2-1-3-5-13/h6-8,13,17,19H,1-5,9H2,(H2,16,18). The van der Waals surface area contributed by atoms with Gasteiger partial charge in [0, 0.05) is 18.2 Å². The first-order valence-electron chi connectivity index (χ1n) is 6.70. The first-order valence-corrected chi connectivity index (χ1v) is 6.70. The highest BCUT2D eigenvalue weighted by molar-refractivity contribution is 5.97. The van der Waals surface area contributed by atoms with Crippen LogP contribution in [0.5, 0.6) is 0 Å². The number of nitrogens with zero attached hydrogens (tertiary/aromatic N) is 1. The highest BCUT2D eigenvalue weighted by Gasteiger charge is 2.13. The van der Waals surface area contributed by atoms with Crippen molar-refractivity contribution < 1.29 is 9.60 Å². The maximum atomic E-state index is 13.5. The fraction of sp³-hybridized carbons (Fsp3) is 0.500. The summed E-state index contributed by atoms with van der Waals surface area (Å²) in [6, 6.07) is 5.00. The van der Waals surface area contributed by atoms with Crippen LogP contribution in [0.2, 0.25) is 0 Å². The molecule has 1 aromatic rings. The van der Waals surface area contributed by atoms with Crippen molar-refractivity contribution in [1.82, 2.24) is 5.32 Å². The predicted octanol–water partition coefficient (Wildman–Crippen LogP) is 2.34. The van der Waals surface area contributed by atoms with E-state index in [1.807, 2.05) is 0 Å². The lowest BCUT2D eigenvalue weighted by Gasteiger charge is -2.23. The Kier molecular flexibility index (Phi) is 4.74. The SMILES string of the molecule is N/C(=N/O)c1cc(F)cc(CNC2CCCCC2)c1. The number of benzene rings is 1. The van der Waals surface area contributed by atoms with Gasteiger partial charge in [0.25, 0.3) is 0 Å². The van der Waals surface area contributed by atoms with E-state index in [-0.39, 0.29) is 11.7 Å². The average molecular weight is 265 g/mol. The molecule has 4 nitrogen and oxygen atoms in total. The second kappa shape index (κ2) is 6.52. The van der Waals surface area contributed by atoms with Crippen LogP contribution >= 0.6 is 0 Å². The van der Waals surface area contributed by atoms with Crippen LogP contribution in [-0.2, 0) is 6.54 Å². The zero-order chi connectivity index (χ0) is 13.7. The molecule has 1 aliphatic carbocycles. The summed E-state index contributed by atoms with van der Waals surface area (Å²) >= 11 is 0. The smallest absolute Gasteiger partial charge is 0.170 e. The largest absolute Gasteiger partial charge is 0.409 e. The van der Waals surface area contributed by atoms with Crippen molar-refractivity contribution >= 4 is 5.84 Å². The minimum Gasteiger partial charge on any atom is -0.409 e. The maximum absolute atomic E-state index is 13.5. The average Bonchev–Trinajstić information content (AvgIpc) is 2.45. The summed E-state index contributed by atoms with van der Waals surface area (Å²) in [5.74, 6) is -0.442. The number of rotatable bonds is 4. The summed E-state index contributed by atoms with van der Waals surface area (Å²) in [7, 11) is 0. The van der Waals surface area contributed by atoms with Crippen molar-refractivity contribution in [2.75, 3.05) is 0 Å². The van der Waals surface area contributed by atoms with Crippen LogP contribution < -0.4 is 11.1 Å². The van der Waals surface area contributed by atoms with Gasteiger partial charge in [-0.25, -0.2) is 4.39 Å². The first-order chi connectivity index (χ1) is 9.19. The molecule has 0 unspecified atom stereocenters. The van der Waals surface area contributed by atoms with Crippen molar-refractivity contribution in [3.05, 3.63) is 35.1 Å². The Labute approximate surface area is 112 Å². The Morgan fingerprint density at radius 2 is 2.05 bits per heavy atom. The zero-order valence-electron chi connectivity index (χ0n) is 10.9. The van der Waals surface area contributed by atoms with Crippen LogP contribution in [-0.4, -0.2) is 17.1 Å². The van der Waals surface area contributed by atoms with Gasteiger partial charge in [-0.1, -0.05) is 24.4 Å². The summed E-state index contributed by atoms with van der Waals surface area (Å²) in [6.07, 6.45) is 6.20. The van der Waals surface area contributed by atoms with Crippen molar-refractivity contribution in [3.8, 4) is 0 Å². The minimum atomic E-state index is -0.371. The summed E-state index contributed by atoms with van der Waals surface area (Å²) < 4.78 is 13.5. The van der Waals surface area contributed by atoms with E-state index < -0.39 is 0 Å². The molecule has 2 rings (SSSR count). The van der Waals surface area contributed by atoms with Crippen molar-refractivity contribution in [3.63, 3.8) is 0 Å². The fourth-order valence-corrected chi connectivity index (χ4v) is 2.53. The molecule has 1 aromatic carbocycles. The molecule has 1 aliphatic rings.